The lowest BCUT2D eigenvalue weighted by Crippen LogP contribution is -2.43. The Kier molecular flexibility index (Phi) is 5.13. The van der Waals surface area contributed by atoms with Crippen molar-refractivity contribution in [2.75, 3.05) is 23.4 Å². The van der Waals surface area contributed by atoms with Gasteiger partial charge in [0.25, 0.3) is 11.8 Å². The van der Waals surface area contributed by atoms with Crippen LogP contribution in [-0.4, -0.2) is 48.0 Å². The first kappa shape index (κ1) is 19.5. The Morgan fingerprint density at radius 3 is 2.60 bits per heavy atom. The van der Waals surface area contributed by atoms with Gasteiger partial charge in [-0.1, -0.05) is 17.4 Å². The highest BCUT2D eigenvalue weighted by atomic mass is 19.1. The number of carbonyl (C=O) groups is 3. The second-order valence-corrected chi connectivity index (χ2v) is 6.66. The first-order valence-corrected chi connectivity index (χ1v) is 9.32. The highest BCUT2D eigenvalue weighted by Gasteiger charge is 2.55. The summed E-state index contributed by atoms with van der Waals surface area (Å²) in [6.45, 7) is 1.99. The van der Waals surface area contributed by atoms with Gasteiger partial charge in [-0.05, 0) is 43.3 Å². The molecule has 4 rings (SSSR count). The molecular weight excluding hydrogens is 393 g/mol. The molecule has 0 bridgehead atoms. The number of imide groups is 1. The molecule has 2 aliphatic rings. The summed E-state index contributed by atoms with van der Waals surface area (Å²) < 4.78 is 18.7. The molecule has 0 aliphatic carbocycles. The molecule has 30 heavy (non-hydrogen) atoms. The predicted molar refractivity (Wildman–Crippen MR) is 104 cm³/mol. The first-order valence-electron chi connectivity index (χ1n) is 9.32. The van der Waals surface area contributed by atoms with Gasteiger partial charge in [-0.3, -0.25) is 19.4 Å². The van der Waals surface area contributed by atoms with Crippen molar-refractivity contribution >= 4 is 29.1 Å². The molecule has 1 N–H and O–H groups in total. The Labute approximate surface area is 171 Å². The van der Waals surface area contributed by atoms with Gasteiger partial charge in [0.1, 0.15) is 18.1 Å². The Bertz CT molecular complexity index is 1030. The van der Waals surface area contributed by atoms with Crippen molar-refractivity contribution in [3.05, 3.63) is 54.3 Å². The summed E-state index contributed by atoms with van der Waals surface area (Å²) in [5.74, 6) is -1.54. The molecule has 154 valence electrons. The molecule has 0 unspecified atom stereocenters. The molecule has 0 spiro atoms. The first-order chi connectivity index (χ1) is 14.5. The number of rotatable bonds is 6. The molecule has 0 saturated carbocycles. The zero-order valence-corrected chi connectivity index (χ0v) is 16.0. The lowest BCUT2D eigenvalue weighted by atomic mass is 10.1. The van der Waals surface area contributed by atoms with E-state index in [1.54, 1.807) is 24.3 Å². The summed E-state index contributed by atoms with van der Waals surface area (Å²) in [6, 6.07) is 9.90. The molecule has 2 aromatic carbocycles. The van der Waals surface area contributed by atoms with E-state index in [-0.39, 0.29) is 12.2 Å². The summed E-state index contributed by atoms with van der Waals surface area (Å²) in [5, 5.41) is 11.6. The molecule has 10 heteroatoms. The molecule has 0 aromatic heterocycles. The average molecular weight is 411 g/mol. The Hall–Kier alpha value is -3.82. The SMILES string of the molecule is CCOc1ccccc1NC(=O)CN1N=N[C@H]2C(=O)N(c3ccc(F)cc3)C(=O)[C@@H]21. The number of ether oxygens (including phenoxy) is 1. The number of benzene rings is 2. The number of amides is 3. The number of para-hydroxylation sites is 2. The summed E-state index contributed by atoms with van der Waals surface area (Å²) in [6.07, 6.45) is 0. The van der Waals surface area contributed by atoms with E-state index in [1.807, 2.05) is 6.92 Å². The number of hydrogen-bond donors (Lipinski definition) is 1. The van der Waals surface area contributed by atoms with E-state index in [1.165, 1.54) is 17.1 Å². The Morgan fingerprint density at radius 2 is 1.87 bits per heavy atom. The highest BCUT2D eigenvalue weighted by Crippen LogP contribution is 2.32. The van der Waals surface area contributed by atoms with Gasteiger partial charge < -0.3 is 10.1 Å². The quantitative estimate of drug-likeness (QED) is 0.734. The van der Waals surface area contributed by atoms with Crippen LogP contribution in [-0.2, 0) is 14.4 Å². The zero-order valence-electron chi connectivity index (χ0n) is 16.0. The fourth-order valence-corrected chi connectivity index (χ4v) is 3.39. The van der Waals surface area contributed by atoms with Crippen LogP contribution in [0.25, 0.3) is 0 Å². The van der Waals surface area contributed by atoms with Crippen molar-refractivity contribution in [3.8, 4) is 5.75 Å². The predicted octanol–water partition coefficient (Wildman–Crippen LogP) is 2.16. The summed E-state index contributed by atoms with van der Waals surface area (Å²) in [4.78, 5) is 39.0. The fourth-order valence-electron chi connectivity index (χ4n) is 3.39. The largest absolute Gasteiger partial charge is 0.492 e. The van der Waals surface area contributed by atoms with Gasteiger partial charge in [-0.25, -0.2) is 9.29 Å². The molecular formula is C20H18FN5O4. The average Bonchev–Trinajstić information content (AvgIpc) is 3.24. The van der Waals surface area contributed by atoms with Gasteiger partial charge in [0.15, 0.2) is 12.1 Å². The van der Waals surface area contributed by atoms with E-state index in [4.69, 9.17) is 4.74 Å². The van der Waals surface area contributed by atoms with Gasteiger partial charge >= 0.3 is 0 Å². The number of hydrogen-bond acceptors (Lipinski definition) is 7. The number of nitrogens with one attached hydrogen (secondary N) is 1. The van der Waals surface area contributed by atoms with Crippen molar-refractivity contribution in [1.82, 2.24) is 5.01 Å². The zero-order chi connectivity index (χ0) is 21.3. The molecule has 9 nitrogen and oxygen atoms in total. The molecule has 2 heterocycles. The van der Waals surface area contributed by atoms with Gasteiger partial charge in [-0.15, -0.1) is 0 Å². The normalized spacial score (nSPS) is 19.9. The minimum Gasteiger partial charge on any atom is -0.492 e. The van der Waals surface area contributed by atoms with E-state index < -0.39 is 35.6 Å². The van der Waals surface area contributed by atoms with Crippen LogP contribution in [0.5, 0.6) is 5.75 Å². The van der Waals surface area contributed by atoms with Crippen LogP contribution in [0, 0.1) is 5.82 Å². The molecule has 2 aromatic rings. The maximum atomic E-state index is 13.2. The lowest BCUT2D eigenvalue weighted by Gasteiger charge is -2.20. The number of nitrogens with zero attached hydrogens (tertiary/aromatic N) is 4. The third-order valence-corrected chi connectivity index (χ3v) is 4.71. The van der Waals surface area contributed by atoms with Gasteiger partial charge in [0.2, 0.25) is 5.91 Å². The summed E-state index contributed by atoms with van der Waals surface area (Å²) in [5.41, 5.74) is 0.727. The maximum Gasteiger partial charge on any atom is 0.263 e. The van der Waals surface area contributed by atoms with Gasteiger partial charge in [-0.2, -0.15) is 5.11 Å². The minimum atomic E-state index is -1.04. The van der Waals surface area contributed by atoms with E-state index in [9.17, 15) is 18.8 Å². The lowest BCUT2D eigenvalue weighted by molar-refractivity contribution is -0.123. The van der Waals surface area contributed by atoms with Crippen molar-refractivity contribution < 1.29 is 23.5 Å². The number of halogens is 1. The Balaban J connectivity index is 1.48. The van der Waals surface area contributed by atoms with Crippen LogP contribution in [0.3, 0.4) is 0 Å². The number of carbonyl (C=O) groups excluding carboxylic acids is 3. The van der Waals surface area contributed by atoms with E-state index in [0.29, 0.717) is 18.0 Å². The molecule has 2 atom stereocenters. The van der Waals surface area contributed by atoms with Crippen LogP contribution in [0.1, 0.15) is 6.92 Å². The van der Waals surface area contributed by atoms with Gasteiger partial charge in [0.05, 0.1) is 18.0 Å². The van der Waals surface area contributed by atoms with E-state index >= 15 is 0 Å². The van der Waals surface area contributed by atoms with Crippen LogP contribution in [0.2, 0.25) is 0 Å². The van der Waals surface area contributed by atoms with Gasteiger partial charge in [0, 0.05) is 0 Å². The molecule has 3 amide bonds. The number of anilines is 2. The third kappa shape index (κ3) is 3.47. The number of fused-ring (bicyclic) bond motifs is 1. The summed E-state index contributed by atoms with van der Waals surface area (Å²) >= 11 is 0. The highest BCUT2D eigenvalue weighted by molar-refractivity contribution is 6.25. The summed E-state index contributed by atoms with van der Waals surface area (Å²) in [7, 11) is 0. The minimum absolute atomic E-state index is 0.242. The molecule has 2 aliphatic heterocycles. The van der Waals surface area contributed by atoms with Crippen molar-refractivity contribution in [2.45, 2.75) is 19.0 Å². The van der Waals surface area contributed by atoms with Crippen LogP contribution in [0.15, 0.2) is 58.9 Å². The molecule has 0 radical (unpaired) electrons. The van der Waals surface area contributed by atoms with Crippen LogP contribution in [0.4, 0.5) is 15.8 Å². The van der Waals surface area contributed by atoms with E-state index in [2.05, 4.69) is 15.7 Å². The topological polar surface area (TPSA) is 104 Å². The third-order valence-electron chi connectivity index (χ3n) is 4.71. The smallest absolute Gasteiger partial charge is 0.263 e. The monoisotopic (exact) mass is 411 g/mol. The van der Waals surface area contributed by atoms with Crippen LogP contribution >= 0.6 is 0 Å². The van der Waals surface area contributed by atoms with Crippen molar-refractivity contribution in [3.63, 3.8) is 0 Å². The second-order valence-electron chi connectivity index (χ2n) is 6.66. The Morgan fingerprint density at radius 1 is 1.13 bits per heavy atom. The second kappa shape index (κ2) is 7.90. The molecule has 1 fully saturated rings. The molecule has 1 saturated heterocycles. The standard InChI is InChI=1S/C20H18FN5O4/c1-2-30-15-6-4-3-5-14(15)22-16(27)11-25-18-17(23-24-25)19(28)26(20(18)29)13-9-7-12(21)8-10-13/h3-10,17-18H,2,11H2,1H3,(H,22,27)/t17-,18-/m1/s1. The van der Waals surface area contributed by atoms with Crippen molar-refractivity contribution in [2.24, 2.45) is 10.3 Å². The van der Waals surface area contributed by atoms with Crippen molar-refractivity contribution in [1.29, 1.82) is 0 Å². The maximum absolute atomic E-state index is 13.2. The van der Waals surface area contributed by atoms with E-state index in [0.717, 1.165) is 17.0 Å². The fraction of sp³-hybridized carbons (Fsp3) is 0.250. The van der Waals surface area contributed by atoms with Crippen LogP contribution < -0.4 is 15.0 Å².